The van der Waals surface area contributed by atoms with Gasteiger partial charge in [0.25, 0.3) is 0 Å². The quantitative estimate of drug-likeness (QED) is 0.875. The van der Waals surface area contributed by atoms with Gasteiger partial charge < -0.3 is 14.7 Å². The van der Waals surface area contributed by atoms with E-state index in [9.17, 15) is 9.90 Å². The normalized spacial score (nSPS) is 14.9. The molecule has 0 radical (unpaired) electrons. The second kappa shape index (κ2) is 6.26. The largest absolute Gasteiger partial charge is 0.507 e. The summed E-state index contributed by atoms with van der Waals surface area (Å²) in [6.07, 6.45) is 2.08. The van der Waals surface area contributed by atoms with Gasteiger partial charge in [-0.15, -0.1) is 0 Å². The maximum Gasteiger partial charge on any atom is 0.410 e. The molecule has 1 aliphatic carbocycles. The van der Waals surface area contributed by atoms with Gasteiger partial charge in [-0.25, -0.2) is 4.79 Å². The third kappa shape index (κ3) is 5.23. The lowest BCUT2D eigenvalue weighted by molar-refractivity contribution is 0.0224. The molecule has 2 rings (SSSR count). The Morgan fingerprint density at radius 3 is 2.62 bits per heavy atom. The molecular weight excluding hydrogens is 334 g/mol. The molecule has 0 bridgehead atoms. The minimum absolute atomic E-state index is 0.199. The number of amides is 1. The summed E-state index contributed by atoms with van der Waals surface area (Å²) in [6, 6.07) is 5.29. The van der Waals surface area contributed by atoms with Crippen LogP contribution < -0.4 is 0 Å². The number of aromatic hydroxyl groups is 1. The van der Waals surface area contributed by atoms with Gasteiger partial charge in [-0.3, -0.25) is 0 Å². The number of benzene rings is 1. The Labute approximate surface area is 134 Å². The van der Waals surface area contributed by atoms with E-state index in [1.165, 1.54) is 12.8 Å². The zero-order chi connectivity index (χ0) is 15.6. The van der Waals surface area contributed by atoms with Crippen molar-refractivity contribution in [1.82, 2.24) is 4.90 Å². The molecule has 116 valence electrons. The molecule has 1 aromatic rings. The van der Waals surface area contributed by atoms with Gasteiger partial charge in [-0.05, 0) is 73.2 Å². The Bertz CT molecular complexity index is 521. The minimum atomic E-state index is -0.492. The van der Waals surface area contributed by atoms with Gasteiger partial charge in [0.1, 0.15) is 11.4 Å². The van der Waals surface area contributed by atoms with Crippen LogP contribution in [0, 0.1) is 5.92 Å². The summed E-state index contributed by atoms with van der Waals surface area (Å²) >= 11 is 3.30. The second-order valence-electron chi connectivity index (χ2n) is 6.59. The molecule has 1 fully saturated rings. The highest BCUT2D eigenvalue weighted by atomic mass is 79.9. The van der Waals surface area contributed by atoms with Crippen LogP contribution in [-0.4, -0.2) is 28.2 Å². The Hall–Kier alpha value is -1.23. The van der Waals surface area contributed by atoms with Crippen molar-refractivity contribution in [3.05, 3.63) is 28.2 Å². The first-order valence-electron chi connectivity index (χ1n) is 7.20. The fourth-order valence-electron chi connectivity index (χ4n) is 2.01. The number of nitrogens with zero attached hydrogens (tertiary/aromatic N) is 1. The van der Waals surface area contributed by atoms with E-state index in [4.69, 9.17) is 4.74 Å². The van der Waals surface area contributed by atoms with Crippen molar-refractivity contribution in [3.63, 3.8) is 0 Å². The molecule has 21 heavy (non-hydrogen) atoms. The third-order valence-corrected chi connectivity index (χ3v) is 3.85. The molecular formula is C16H22BrNO3. The topological polar surface area (TPSA) is 49.8 Å². The van der Waals surface area contributed by atoms with E-state index in [1.54, 1.807) is 11.0 Å². The number of phenols is 1. The summed E-state index contributed by atoms with van der Waals surface area (Å²) < 4.78 is 6.12. The number of halogens is 1. The number of hydrogen-bond donors (Lipinski definition) is 1. The molecule has 0 spiro atoms. The number of rotatable bonds is 4. The second-order valence-corrected chi connectivity index (χ2v) is 7.44. The van der Waals surface area contributed by atoms with Gasteiger partial charge in [0.15, 0.2) is 0 Å². The highest BCUT2D eigenvalue weighted by Crippen LogP contribution is 2.31. The van der Waals surface area contributed by atoms with E-state index in [1.807, 2.05) is 32.9 Å². The van der Waals surface area contributed by atoms with Crippen LogP contribution >= 0.6 is 15.9 Å². The lowest BCUT2D eigenvalue weighted by Crippen LogP contribution is -2.37. The molecule has 1 aliphatic rings. The van der Waals surface area contributed by atoms with Gasteiger partial charge in [0, 0.05) is 13.1 Å². The first-order chi connectivity index (χ1) is 9.74. The Morgan fingerprint density at radius 2 is 2.10 bits per heavy atom. The summed E-state index contributed by atoms with van der Waals surface area (Å²) in [4.78, 5) is 14.1. The molecule has 0 unspecified atom stereocenters. The average Bonchev–Trinajstić information content (AvgIpc) is 3.15. The van der Waals surface area contributed by atoms with E-state index in [0.29, 0.717) is 16.9 Å². The van der Waals surface area contributed by atoms with Crippen LogP contribution in [0.4, 0.5) is 4.79 Å². The van der Waals surface area contributed by atoms with E-state index in [0.717, 1.165) is 12.1 Å². The maximum absolute atomic E-state index is 12.3. The summed E-state index contributed by atoms with van der Waals surface area (Å²) in [5.74, 6) is 0.794. The fourth-order valence-corrected chi connectivity index (χ4v) is 2.44. The third-order valence-electron chi connectivity index (χ3n) is 3.21. The van der Waals surface area contributed by atoms with E-state index >= 15 is 0 Å². The van der Waals surface area contributed by atoms with Gasteiger partial charge >= 0.3 is 6.09 Å². The Kier molecular flexibility index (Phi) is 4.81. The number of phenolic OH excluding ortho intramolecular Hbond substituents is 1. The average molecular weight is 356 g/mol. The standard InChI is InChI=1S/C16H22BrNO3/c1-16(2,3)21-15(20)18(9-11-4-5-11)10-12-6-7-14(19)13(17)8-12/h6-8,11,19H,4-5,9-10H2,1-3H3. The van der Waals surface area contributed by atoms with Gasteiger partial charge in [-0.1, -0.05) is 6.07 Å². The molecule has 1 saturated carbocycles. The van der Waals surface area contributed by atoms with Crippen molar-refractivity contribution >= 4 is 22.0 Å². The van der Waals surface area contributed by atoms with Gasteiger partial charge in [0.2, 0.25) is 0 Å². The summed E-state index contributed by atoms with van der Waals surface area (Å²) in [7, 11) is 0. The van der Waals surface area contributed by atoms with Crippen LogP contribution in [0.15, 0.2) is 22.7 Å². The lowest BCUT2D eigenvalue weighted by atomic mass is 10.2. The van der Waals surface area contributed by atoms with Crippen molar-refractivity contribution in [2.24, 2.45) is 5.92 Å². The van der Waals surface area contributed by atoms with Crippen molar-refractivity contribution in [2.45, 2.75) is 45.8 Å². The maximum atomic E-state index is 12.3. The summed E-state index contributed by atoms with van der Waals surface area (Å²) in [5.41, 5.74) is 0.472. The van der Waals surface area contributed by atoms with Gasteiger partial charge in [-0.2, -0.15) is 0 Å². The molecule has 1 aromatic carbocycles. The Morgan fingerprint density at radius 1 is 1.43 bits per heavy atom. The first-order valence-corrected chi connectivity index (χ1v) is 7.99. The van der Waals surface area contributed by atoms with E-state index < -0.39 is 5.60 Å². The number of carbonyl (C=O) groups excluding carboxylic acids is 1. The smallest absolute Gasteiger partial charge is 0.410 e. The van der Waals surface area contributed by atoms with Crippen molar-refractivity contribution < 1.29 is 14.6 Å². The zero-order valence-corrected chi connectivity index (χ0v) is 14.3. The molecule has 0 aromatic heterocycles. The first kappa shape index (κ1) is 16.1. The Balaban J connectivity index is 2.07. The molecule has 1 N–H and O–H groups in total. The van der Waals surface area contributed by atoms with Crippen molar-refractivity contribution in [2.75, 3.05) is 6.54 Å². The SMILES string of the molecule is CC(C)(C)OC(=O)N(Cc1ccc(O)c(Br)c1)CC1CC1. The van der Waals surface area contributed by atoms with Crippen LogP contribution in [-0.2, 0) is 11.3 Å². The summed E-state index contributed by atoms with van der Waals surface area (Å²) in [5, 5.41) is 9.54. The molecule has 1 amide bonds. The zero-order valence-electron chi connectivity index (χ0n) is 12.7. The monoisotopic (exact) mass is 355 g/mol. The molecule has 0 aliphatic heterocycles. The fraction of sp³-hybridized carbons (Fsp3) is 0.562. The summed E-state index contributed by atoms with van der Waals surface area (Å²) in [6.45, 7) is 6.84. The molecule has 0 heterocycles. The molecule has 0 saturated heterocycles. The highest BCUT2D eigenvalue weighted by Gasteiger charge is 2.29. The van der Waals surface area contributed by atoms with Crippen LogP contribution in [0.5, 0.6) is 5.75 Å². The number of hydrogen-bond acceptors (Lipinski definition) is 3. The van der Waals surface area contributed by atoms with Crippen LogP contribution in [0.2, 0.25) is 0 Å². The van der Waals surface area contributed by atoms with Gasteiger partial charge in [0.05, 0.1) is 4.47 Å². The predicted molar refractivity (Wildman–Crippen MR) is 85.2 cm³/mol. The lowest BCUT2D eigenvalue weighted by Gasteiger charge is -2.27. The molecule has 4 nitrogen and oxygen atoms in total. The number of ether oxygens (including phenoxy) is 1. The van der Waals surface area contributed by atoms with E-state index in [-0.39, 0.29) is 11.8 Å². The molecule has 5 heteroatoms. The number of carbonyl (C=O) groups is 1. The van der Waals surface area contributed by atoms with Crippen LogP contribution in [0.25, 0.3) is 0 Å². The van der Waals surface area contributed by atoms with Crippen molar-refractivity contribution in [1.29, 1.82) is 0 Å². The van der Waals surface area contributed by atoms with Crippen LogP contribution in [0.3, 0.4) is 0 Å². The highest BCUT2D eigenvalue weighted by molar-refractivity contribution is 9.10. The van der Waals surface area contributed by atoms with Crippen LogP contribution in [0.1, 0.15) is 39.2 Å². The predicted octanol–water partition coefficient (Wildman–Crippen LogP) is 4.30. The van der Waals surface area contributed by atoms with E-state index in [2.05, 4.69) is 15.9 Å². The minimum Gasteiger partial charge on any atom is -0.507 e. The van der Waals surface area contributed by atoms with Crippen molar-refractivity contribution in [3.8, 4) is 5.75 Å². The molecule has 0 atom stereocenters.